The first-order valence-corrected chi connectivity index (χ1v) is 4.90. The summed E-state index contributed by atoms with van der Waals surface area (Å²) in [6, 6.07) is 8.21. The molecule has 0 unspecified atom stereocenters. The first kappa shape index (κ1) is 9.75. The van der Waals surface area contributed by atoms with Crippen molar-refractivity contribution in [3.8, 4) is 0 Å². The topological polar surface area (TPSA) is 9.23 Å². The van der Waals surface area contributed by atoms with Gasteiger partial charge in [0, 0.05) is 11.1 Å². The average molecular weight is 229 g/mol. The van der Waals surface area contributed by atoms with Crippen molar-refractivity contribution in [3.63, 3.8) is 0 Å². The molecule has 0 amide bonds. The molecule has 2 heteroatoms. The van der Waals surface area contributed by atoms with E-state index in [0.717, 1.165) is 11.1 Å². The zero-order valence-corrected chi connectivity index (χ0v) is 8.97. The van der Waals surface area contributed by atoms with Crippen molar-refractivity contribution in [1.82, 2.24) is 0 Å². The van der Waals surface area contributed by atoms with Gasteiger partial charge in [0.2, 0.25) is 0 Å². The Hall–Kier alpha value is -0.340. The Morgan fingerprint density at radius 2 is 1.92 bits per heavy atom. The van der Waals surface area contributed by atoms with Crippen LogP contribution in [0.1, 0.15) is 25.5 Å². The highest BCUT2D eigenvalue weighted by Gasteiger charge is 2.02. The molecule has 0 aliphatic rings. The molecule has 0 aliphatic carbocycles. The summed E-state index contributed by atoms with van der Waals surface area (Å²) in [5.74, 6) is 0. The van der Waals surface area contributed by atoms with E-state index in [1.54, 1.807) is 0 Å². The third kappa shape index (κ3) is 2.61. The number of halogens is 1. The molecular weight excluding hydrogens is 216 g/mol. The molecule has 1 nitrogen and oxygen atoms in total. The van der Waals surface area contributed by atoms with Crippen LogP contribution in [0.2, 0.25) is 0 Å². The van der Waals surface area contributed by atoms with Gasteiger partial charge in [-0.25, -0.2) is 0 Å². The van der Waals surface area contributed by atoms with E-state index in [9.17, 15) is 0 Å². The first-order valence-electron chi connectivity index (χ1n) is 4.11. The normalized spacial score (nSPS) is 12.9. The molecule has 0 aromatic heterocycles. The van der Waals surface area contributed by atoms with Crippen molar-refractivity contribution in [2.75, 3.05) is 6.61 Å². The zero-order valence-electron chi connectivity index (χ0n) is 7.38. The van der Waals surface area contributed by atoms with Crippen LogP contribution in [0.25, 0.3) is 0 Å². The summed E-state index contributed by atoms with van der Waals surface area (Å²) in [5.41, 5.74) is 1.22. The van der Waals surface area contributed by atoms with Crippen molar-refractivity contribution in [1.29, 1.82) is 0 Å². The van der Waals surface area contributed by atoms with Gasteiger partial charge in [0.05, 0.1) is 6.10 Å². The molecule has 0 aliphatic heterocycles. The molecule has 0 heterocycles. The first-order chi connectivity index (χ1) is 5.74. The van der Waals surface area contributed by atoms with Gasteiger partial charge in [0.15, 0.2) is 0 Å². The monoisotopic (exact) mass is 228 g/mol. The molecule has 0 saturated heterocycles. The molecule has 0 spiro atoms. The SMILES string of the molecule is CCO[C@@H](C)c1ccc(Br)cc1. The van der Waals surface area contributed by atoms with Gasteiger partial charge in [0.25, 0.3) is 0 Å². The smallest absolute Gasteiger partial charge is 0.0796 e. The number of ether oxygens (including phenoxy) is 1. The van der Waals surface area contributed by atoms with Gasteiger partial charge in [-0.1, -0.05) is 28.1 Å². The molecular formula is C10H13BrO. The van der Waals surface area contributed by atoms with Gasteiger partial charge in [-0.05, 0) is 31.5 Å². The average Bonchev–Trinajstić information content (AvgIpc) is 2.06. The summed E-state index contributed by atoms with van der Waals surface area (Å²) in [5, 5.41) is 0. The van der Waals surface area contributed by atoms with Crippen molar-refractivity contribution >= 4 is 15.9 Å². The fourth-order valence-electron chi connectivity index (χ4n) is 1.08. The molecule has 0 fully saturated rings. The van der Waals surface area contributed by atoms with Crippen molar-refractivity contribution in [2.45, 2.75) is 20.0 Å². The van der Waals surface area contributed by atoms with Gasteiger partial charge in [-0.2, -0.15) is 0 Å². The van der Waals surface area contributed by atoms with Crippen molar-refractivity contribution in [2.24, 2.45) is 0 Å². The van der Waals surface area contributed by atoms with Gasteiger partial charge in [-0.3, -0.25) is 0 Å². The van der Waals surface area contributed by atoms with E-state index in [0.29, 0.717) is 0 Å². The minimum atomic E-state index is 0.197. The fourth-order valence-corrected chi connectivity index (χ4v) is 1.34. The maximum Gasteiger partial charge on any atom is 0.0796 e. The number of hydrogen-bond donors (Lipinski definition) is 0. The van der Waals surface area contributed by atoms with Crippen LogP contribution in [0.5, 0.6) is 0 Å². The molecule has 0 radical (unpaired) electrons. The summed E-state index contributed by atoms with van der Waals surface area (Å²) in [4.78, 5) is 0. The lowest BCUT2D eigenvalue weighted by atomic mass is 10.1. The summed E-state index contributed by atoms with van der Waals surface area (Å²) in [6.07, 6.45) is 0.197. The van der Waals surface area contributed by atoms with E-state index in [2.05, 4.69) is 35.0 Å². The summed E-state index contributed by atoms with van der Waals surface area (Å²) in [7, 11) is 0. The molecule has 1 atom stereocenters. The van der Waals surface area contributed by atoms with Gasteiger partial charge in [0.1, 0.15) is 0 Å². The fraction of sp³-hybridized carbons (Fsp3) is 0.400. The van der Waals surface area contributed by atoms with E-state index in [1.807, 2.05) is 19.1 Å². The lowest BCUT2D eigenvalue weighted by molar-refractivity contribution is 0.0764. The third-order valence-corrected chi connectivity index (χ3v) is 2.28. The second-order valence-electron chi connectivity index (χ2n) is 2.65. The molecule has 66 valence electrons. The van der Waals surface area contributed by atoms with Crippen LogP contribution in [0, 0.1) is 0 Å². The highest BCUT2D eigenvalue weighted by atomic mass is 79.9. The van der Waals surface area contributed by atoms with Crippen LogP contribution >= 0.6 is 15.9 Å². The van der Waals surface area contributed by atoms with Crippen LogP contribution in [0.3, 0.4) is 0 Å². The molecule has 1 rings (SSSR count). The Labute approximate surface area is 81.9 Å². The van der Waals surface area contributed by atoms with Crippen LogP contribution in [-0.2, 0) is 4.74 Å². The molecule has 1 aromatic rings. The maximum atomic E-state index is 5.45. The minimum Gasteiger partial charge on any atom is -0.374 e. The second kappa shape index (κ2) is 4.63. The number of benzene rings is 1. The van der Waals surface area contributed by atoms with E-state index >= 15 is 0 Å². The lowest BCUT2D eigenvalue weighted by Crippen LogP contribution is -1.98. The van der Waals surface area contributed by atoms with Crippen molar-refractivity contribution in [3.05, 3.63) is 34.3 Å². The molecule has 0 N–H and O–H groups in total. The van der Waals surface area contributed by atoms with Crippen molar-refractivity contribution < 1.29 is 4.74 Å². The number of hydrogen-bond acceptors (Lipinski definition) is 1. The Bertz CT molecular complexity index is 230. The number of rotatable bonds is 3. The van der Waals surface area contributed by atoms with Gasteiger partial charge >= 0.3 is 0 Å². The lowest BCUT2D eigenvalue weighted by Gasteiger charge is -2.11. The van der Waals surface area contributed by atoms with E-state index in [1.165, 1.54) is 5.56 Å². The second-order valence-corrected chi connectivity index (χ2v) is 3.56. The zero-order chi connectivity index (χ0) is 8.97. The Kier molecular flexibility index (Phi) is 3.76. The highest BCUT2D eigenvalue weighted by Crippen LogP contribution is 2.18. The molecule has 12 heavy (non-hydrogen) atoms. The summed E-state index contributed by atoms with van der Waals surface area (Å²) < 4.78 is 6.56. The Morgan fingerprint density at radius 1 is 1.33 bits per heavy atom. The predicted molar refractivity (Wildman–Crippen MR) is 54.2 cm³/mol. The molecule has 0 saturated carbocycles. The summed E-state index contributed by atoms with van der Waals surface area (Å²) >= 11 is 3.39. The standard InChI is InChI=1S/C10H13BrO/c1-3-12-8(2)9-4-6-10(11)7-5-9/h4-8H,3H2,1-2H3/t8-/m0/s1. The van der Waals surface area contributed by atoms with Gasteiger partial charge in [-0.15, -0.1) is 0 Å². The Morgan fingerprint density at radius 3 is 2.42 bits per heavy atom. The molecule has 1 aromatic carbocycles. The minimum absolute atomic E-state index is 0.197. The maximum absolute atomic E-state index is 5.45. The third-order valence-electron chi connectivity index (χ3n) is 1.76. The van der Waals surface area contributed by atoms with Crippen LogP contribution < -0.4 is 0 Å². The van der Waals surface area contributed by atoms with E-state index < -0.39 is 0 Å². The molecule has 0 bridgehead atoms. The largest absolute Gasteiger partial charge is 0.374 e. The highest BCUT2D eigenvalue weighted by molar-refractivity contribution is 9.10. The van der Waals surface area contributed by atoms with E-state index in [4.69, 9.17) is 4.74 Å². The summed E-state index contributed by atoms with van der Waals surface area (Å²) in [6.45, 7) is 4.83. The predicted octanol–water partition coefficient (Wildman–Crippen LogP) is 3.55. The van der Waals surface area contributed by atoms with Crippen LogP contribution in [0.15, 0.2) is 28.7 Å². The van der Waals surface area contributed by atoms with E-state index in [-0.39, 0.29) is 6.10 Å². The quantitative estimate of drug-likeness (QED) is 0.770. The van der Waals surface area contributed by atoms with Crippen LogP contribution in [0.4, 0.5) is 0 Å². The van der Waals surface area contributed by atoms with Gasteiger partial charge < -0.3 is 4.74 Å². The van der Waals surface area contributed by atoms with Crippen LogP contribution in [-0.4, -0.2) is 6.61 Å². The Balaban J connectivity index is 2.68.